The summed E-state index contributed by atoms with van der Waals surface area (Å²) in [6.07, 6.45) is 1.24. The molecule has 2 N–H and O–H groups in total. The fraction of sp³-hybridized carbons (Fsp3) is 0.833. The molecule has 5 nitrogen and oxygen atoms in total. The van der Waals surface area contributed by atoms with Crippen LogP contribution in [0.3, 0.4) is 0 Å². The highest BCUT2D eigenvalue weighted by molar-refractivity contribution is 5.90. The maximum Gasteiger partial charge on any atom is 0.306 e. The quantitative estimate of drug-likeness (QED) is 0.617. The first-order valence-corrected chi connectivity index (χ1v) is 5.88. The Balaban J connectivity index is 4.83. The number of quaternary nitrogens is 1. The highest BCUT2D eigenvalue weighted by atomic mass is 16.4. The first-order valence-electron chi connectivity index (χ1n) is 5.88. The number of ketones is 1. The summed E-state index contributed by atoms with van der Waals surface area (Å²) in [6.45, 7) is 2.06. The normalized spacial score (nSPS) is 15.4. The summed E-state index contributed by atoms with van der Waals surface area (Å²) in [6, 6.07) is 0. The fourth-order valence-corrected chi connectivity index (χ4v) is 1.85. The molecule has 0 spiro atoms. The van der Waals surface area contributed by atoms with Crippen LogP contribution in [0.1, 0.15) is 32.6 Å². The van der Waals surface area contributed by atoms with Gasteiger partial charge in [-0.1, -0.05) is 13.3 Å². The standard InChI is InChI=1S/C12H23NO4/c1-5-6-7-10(14)12(17,8-11(15)16)9-13(2,3)4/h17H,5-9H2,1-4H3/p+1. The SMILES string of the molecule is CCCCC(=O)C(O)(CC(=O)O)C[N+](C)(C)C. The molecule has 1 atom stereocenters. The van der Waals surface area contributed by atoms with Gasteiger partial charge in [-0.3, -0.25) is 9.59 Å². The molecule has 0 saturated carbocycles. The molecule has 100 valence electrons. The average Bonchev–Trinajstić information content (AvgIpc) is 2.09. The zero-order valence-corrected chi connectivity index (χ0v) is 11.2. The summed E-state index contributed by atoms with van der Waals surface area (Å²) in [7, 11) is 5.46. The van der Waals surface area contributed by atoms with Gasteiger partial charge in [0, 0.05) is 6.42 Å². The summed E-state index contributed by atoms with van der Waals surface area (Å²) in [5.41, 5.74) is -1.75. The number of unbranched alkanes of at least 4 members (excludes halogenated alkanes) is 1. The molecule has 0 aliphatic carbocycles. The van der Waals surface area contributed by atoms with Crippen LogP contribution < -0.4 is 0 Å². The summed E-state index contributed by atoms with van der Waals surface area (Å²) in [4.78, 5) is 22.7. The second-order valence-corrected chi connectivity index (χ2v) is 5.58. The lowest BCUT2D eigenvalue weighted by atomic mass is 9.90. The average molecular weight is 246 g/mol. The van der Waals surface area contributed by atoms with Gasteiger partial charge in [0.2, 0.25) is 0 Å². The third-order valence-electron chi connectivity index (χ3n) is 2.46. The molecular weight excluding hydrogens is 222 g/mol. The number of Topliss-reactive ketones (excluding diaryl/α,β-unsaturated/α-hetero) is 1. The van der Waals surface area contributed by atoms with E-state index in [1.165, 1.54) is 0 Å². The predicted molar refractivity (Wildman–Crippen MR) is 64.6 cm³/mol. The van der Waals surface area contributed by atoms with Crippen molar-refractivity contribution in [2.75, 3.05) is 27.7 Å². The van der Waals surface area contributed by atoms with E-state index in [4.69, 9.17) is 5.11 Å². The van der Waals surface area contributed by atoms with Crippen molar-refractivity contribution in [2.45, 2.75) is 38.2 Å². The Morgan fingerprint density at radius 3 is 2.12 bits per heavy atom. The number of nitrogens with zero attached hydrogens (tertiary/aromatic N) is 1. The molecule has 0 aromatic rings. The van der Waals surface area contributed by atoms with Crippen LogP contribution >= 0.6 is 0 Å². The van der Waals surface area contributed by atoms with E-state index >= 15 is 0 Å². The van der Waals surface area contributed by atoms with Crippen molar-refractivity contribution in [1.29, 1.82) is 0 Å². The number of hydrogen-bond donors (Lipinski definition) is 2. The van der Waals surface area contributed by atoms with E-state index in [0.29, 0.717) is 10.9 Å². The Kier molecular flexibility index (Phi) is 5.78. The molecule has 0 saturated heterocycles. The molecule has 0 aromatic carbocycles. The van der Waals surface area contributed by atoms with E-state index < -0.39 is 18.0 Å². The van der Waals surface area contributed by atoms with Crippen molar-refractivity contribution in [2.24, 2.45) is 0 Å². The topological polar surface area (TPSA) is 74.6 Å². The third kappa shape index (κ3) is 6.38. The second-order valence-electron chi connectivity index (χ2n) is 5.58. The van der Waals surface area contributed by atoms with Crippen molar-refractivity contribution >= 4 is 11.8 Å². The van der Waals surface area contributed by atoms with Gasteiger partial charge in [0.1, 0.15) is 6.54 Å². The monoisotopic (exact) mass is 246 g/mol. The molecule has 0 radical (unpaired) electrons. The predicted octanol–water partition coefficient (Wildman–Crippen LogP) is 0.658. The summed E-state index contributed by atoms with van der Waals surface area (Å²) >= 11 is 0. The van der Waals surface area contributed by atoms with E-state index in [-0.39, 0.29) is 18.7 Å². The fourth-order valence-electron chi connectivity index (χ4n) is 1.85. The zero-order valence-electron chi connectivity index (χ0n) is 11.2. The van der Waals surface area contributed by atoms with Crippen LogP contribution in [-0.2, 0) is 9.59 Å². The van der Waals surface area contributed by atoms with E-state index in [1.54, 1.807) is 0 Å². The van der Waals surface area contributed by atoms with Crippen LogP contribution in [0.25, 0.3) is 0 Å². The molecule has 1 unspecified atom stereocenters. The van der Waals surface area contributed by atoms with Crippen LogP contribution in [0.2, 0.25) is 0 Å². The number of hydrogen-bond acceptors (Lipinski definition) is 3. The van der Waals surface area contributed by atoms with Gasteiger partial charge >= 0.3 is 5.97 Å². The number of aliphatic carboxylic acids is 1. The molecule has 0 bridgehead atoms. The lowest BCUT2D eigenvalue weighted by Gasteiger charge is -2.33. The molecule has 0 fully saturated rings. The minimum atomic E-state index is -1.75. The molecular formula is C12H24NO4+. The Bertz CT molecular complexity index is 283. The summed E-state index contributed by atoms with van der Waals surface area (Å²) in [5.74, 6) is -1.51. The first kappa shape index (κ1) is 16.1. The van der Waals surface area contributed by atoms with Crippen LogP contribution in [0, 0.1) is 0 Å². The maximum absolute atomic E-state index is 11.9. The number of carbonyl (C=O) groups is 2. The maximum atomic E-state index is 11.9. The first-order chi connectivity index (χ1) is 7.60. The van der Waals surface area contributed by atoms with Crippen LogP contribution in [0.4, 0.5) is 0 Å². The zero-order chi connectivity index (χ0) is 13.7. The van der Waals surface area contributed by atoms with Gasteiger partial charge in [0.25, 0.3) is 0 Å². The Morgan fingerprint density at radius 1 is 1.24 bits per heavy atom. The molecule has 0 heterocycles. The van der Waals surface area contributed by atoms with Crippen molar-refractivity contribution in [3.63, 3.8) is 0 Å². The molecule has 0 aromatic heterocycles. The third-order valence-corrected chi connectivity index (χ3v) is 2.46. The number of rotatable bonds is 8. The van der Waals surface area contributed by atoms with Crippen LogP contribution in [0.15, 0.2) is 0 Å². The number of likely N-dealkylation sites (N-methyl/N-ethyl adjacent to an activating group) is 1. The van der Waals surface area contributed by atoms with E-state index in [9.17, 15) is 14.7 Å². The Morgan fingerprint density at radius 2 is 1.76 bits per heavy atom. The smallest absolute Gasteiger partial charge is 0.306 e. The van der Waals surface area contributed by atoms with Crippen molar-refractivity contribution < 1.29 is 24.3 Å². The minimum Gasteiger partial charge on any atom is -0.481 e. The lowest BCUT2D eigenvalue weighted by Crippen LogP contribution is -2.54. The van der Waals surface area contributed by atoms with Crippen LogP contribution in [0.5, 0.6) is 0 Å². The van der Waals surface area contributed by atoms with Gasteiger partial charge in [-0.25, -0.2) is 0 Å². The molecule has 17 heavy (non-hydrogen) atoms. The van der Waals surface area contributed by atoms with Gasteiger partial charge in [-0.05, 0) is 6.42 Å². The molecule has 0 aliphatic rings. The molecule has 0 rings (SSSR count). The number of aliphatic hydroxyl groups is 1. The van der Waals surface area contributed by atoms with Crippen molar-refractivity contribution in [3.05, 3.63) is 0 Å². The molecule has 0 amide bonds. The highest BCUT2D eigenvalue weighted by Crippen LogP contribution is 2.19. The largest absolute Gasteiger partial charge is 0.481 e. The molecule has 0 aliphatic heterocycles. The minimum absolute atomic E-state index is 0.113. The van der Waals surface area contributed by atoms with E-state index in [0.717, 1.165) is 6.42 Å². The van der Waals surface area contributed by atoms with Gasteiger partial charge in [0.05, 0.1) is 27.6 Å². The van der Waals surface area contributed by atoms with Crippen LogP contribution in [-0.4, -0.2) is 59.7 Å². The van der Waals surface area contributed by atoms with Crippen molar-refractivity contribution in [3.8, 4) is 0 Å². The Labute approximate surface area is 103 Å². The molecule has 5 heteroatoms. The summed E-state index contributed by atoms with van der Waals surface area (Å²) in [5, 5.41) is 19.1. The van der Waals surface area contributed by atoms with Gasteiger partial charge < -0.3 is 14.7 Å². The summed E-state index contributed by atoms with van der Waals surface area (Å²) < 4.78 is 0.349. The number of carbonyl (C=O) groups excluding carboxylic acids is 1. The lowest BCUT2D eigenvalue weighted by molar-refractivity contribution is -0.875. The van der Waals surface area contributed by atoms with Gasteiger partial charge in [0.15, 0.2) is 11.4 Å². The second kappa shape index (κ2) is 6.12. The van der Waals surface area contributed by atoms with Crippen molar-refractivity contribution in [1.82, 2.24) is 0 Å². The number of carboxylic acids is 1. The number of carboxylic acid groups (broad SMARTS) is 1. The van der Waals surface area contributed by atoms with Gasteiger partial charge in [-0.2, -0.15) is 0 Å². The van der Waals surface area contributed by atoms with Gasteiger partial charge in [-0.15, -0.1) is 0 Å². The van der Waals surface area contributed by atoms with E-state index in [2.05, 4.69) is 0 Å². The highest BCUT2D eigenvalue weighted by Gasteiger charge is 2.42. The van der Waals surface area contributed by atoms with E-state index in [1.807, 2.05) is 28.1 Å². The Hall–Kier alpha value is -0.940.